The molecule has 0 saturated carbocycles. The molecule has 2 heterocycles. The van der Waals surface area contributed by atoms with Gasteiger partial charge in [-0.15, -0.1) is 0 Å². The lowest BCUT2D eigenvalue weighted by molar-refractivity contribution is 0.120. The molecule has 0 spiro atoms. The molecule has 3 aromatic rings. The number of carbonyl (C=O) groups excluding carboxylic acids is 1. The third kappa shape index (κ3) is 4.81. The van der Waals surface area contributed by atoms with E-state index < -0.39 is 0 Å². The van der Waals surface area contributed by atoms with E-state index in [4.69, 9.17) is 16.0 Å². The van der Waals surface area contributed by atoms with Gasteiger partial charge < -0.3 is 14.6 Å². The highest BCUT2D eigenvalue weighted by Gasteiger charge is 2.28. The zero-order chi connectivity index (χ0) is 20.1. The van der Waals surface area contributed by atoms with Gasteiger partial charge in [0.25, 0.3) is 0 Å². The lowest BCUT2D eigenvalue weighted by Gasteiger charge is -2.39. The van der Waals surface area contributed by atoms with Gasteiger partial charge in [-0.05, 0) is 35.4 Å². The van der Waals surface area contributed by atoms with Crippen molar-refractivity contribution in [2.24, 2.45) is 0 Å². The molecule has 29 heavy (non-hydrogen) atoms. The number of hydrogen-bond donors (Lipinski definition) is 1. The van der Waals surface area contributed by atoms with Crippen LogP contribution in [0, 0.1) is 0 Å². The number of benzene rings is 2. The average Bonchev–Trinajstić information content (AvgIpc) is 3.29. The van der Waals surface area contributed by atoms with Gasteiger partial charge >= 0.3 is 6.03 Å². The van der Waals surface area contributed by atoms with Crippen molar-refractivity contribution in [2.45, 2.75) is 12.6 Å². The third-order valence-corrected chi connectivity index (χ3v) is 5.51. The summed E-state index contributed by atoms with van der Waals surface area (Å²) in [4.78, 5) is 16.8. The summed E-state index contributed by atoms with van der Waals surface area (Å²) in [5.41, 5.74) is 2.45. The zero-order valence-corrected chi connectivity index (χ0v) is 16.9. The summed E-state index contributed by atoms with van der Waals surface area (Å²) >= 11 is 6.10. The van der Waals surface area contributed by atoms with Gasteiger partial charge in [0.15, 0.2) is 0 Å². The van der Waals surface area contributed by atoms with E-state index in [9.17, 15) is 4.79 Å². The number of piperazine rings is 1. The van der Waals surface area contributed by atoms with E-state index in [0.29, 0.717) is 19.6 Å². The van der Waals surface area contributed by atoms with Crippen LogP contribution < -0.4 is 5.32 Å². The van der Waals surface area contributed by atoms with Crippen LogP contribution in [0.25, 0.3) is 0 Å². The van der Waals surface area contributed by atoms with Gasteiger partial charge in [0.1, 0.15) is 5.76 Å². The van der Waals surface area contributed by atoms with Gasteiger partial charge in [0, 0.05) is 31.2 Å². The normalized spacial score (nSPS) is 15.8. The second-order valence-corrected chi connectivity index (χ2v) is 7.56. The molecule has 2 amide bonds. The fraction of sp³-hybridized carbons (Fsp3) is 0.261. The molecule has 5 nitrogen and oxygen atoms in total. The van der Waals surface area contributed by atoms with Crippen LogP contribution in [0.15, 0.2) is 77.4 Å². The van der Waals surface area contributed by atoms with Crippen molar-refractivity contribution in [3.8, 4) is 0 Å². The molecule has 0 radical (unpaired) electrons. The minimum atomic E-state index is -0.0520. The maximum atomic E-state index is 12.5. The summed E-state index contributed by atoms with van der Waals surface area (Å²) < 4.78 is 5.28. The molecule has 1 saturated heterocycles. The second kappa shape index (κ2) is 9.16. The van der Waals surface area contributed by atoms with Gasteiger partial charge in [-0.2, -0.15) is 0 Å². The van der Waals surface area contributed by atoms with Crippen molar-refractivity contribution >= 4 is 17.6 Å². The number of carbonyl (C=O) groups is 1. The van der Waals surface area contributed by atoms with E-state index >= 15 is 0 Å². The molecular weight excluding hydrogens is 386 g/mol. The van der Waals surface area contributed by atoms with Crippen LogP contribution in [0.1, 0.15) is 22.9 Å². The largest absolute Gasteiger partial charge is 0.467 e. The summed E-state index contributed by atoms with van der Waals surface area (Å²) in [5.74, 6) is 0.754. The van der Waals surface area contributed by atoms with Gasteiger partial charge in [-0.3, -0.25) is 4.90 Å². The first-order valence-corrected chi connectivity index (χ1v) is 10.2. The van der Waals surface area contributed by atoms with Crippen molar-refractivity contribution in [1.29, 1.82) is 0 Å². The lowest BCUT2D eigenvalue weighted by Crippen LogP contribution is -2.52. The Morgan fingerprint density at radius 2 is 1.62 bits per heavy atom. The van der Waals surface area contributed by atoms with Crippen LogP contribution >= 0.6 is 11.6 Å². The summed E-state index contributed by atoms with van der Waals surface area (Å²) in [7, 11) is 0. The topological polar surface area (TPSA) is 48.7 Å². The standard InChI is InChI=1S/C23H24ClN3O2/c24-20-10-8-19(9-11-20)22(18-5-2-1-3-6-18)26-12-14-27(15-13-26)23(28)25-17-21-7-4-16-29-21/h1-11,16,22H,12-15,17H2,(H,25,28)/t22-/m0/s1. The second-order valence-electron chi connectivity index (χ2n) is 7.13. The number of nitrogens with one attached hydrogen (secondary N) is 1. The van der Waals surface area contributed by atoms with Crippen molar-refractivity contribution < 1.29 is 9.21 Å². The summed E-state index contributed by atoms with van der Waals surface area (Å²) in [6.45, 7) is 3.37. The van der Waals surface area contributed by atoms with Crippen molar-refractivity contribution in [2.75, 3.05) is 26.2 Å². The Kier molecular flexibility index (Phi) is 6.17. The molecule has 150 valence electrons. The molecule has 4 rings (SSSR count). The monoisotopic (exact) mass is 409 g/mol. The summed E-state index contributed by atoms with van der Waals surface area (Å²) in [5, 5.41) is 3.66. The molecule has 2 aromatic carbocycles. The Morgan fingerprint density at radius 1 is 0.931 bits per heavy atom. The molecule has 1 aliphatic rings. The van der Waals surface area contributed by atoms with Gasteiger partial charge in [0.2, 0.25) is 0 Å². The molecule has 6 heteroatoms. The summed E-state index contributed by atoms with van der Waals surface area (Å²) in [6, 6.07) is 22.3. The van der Waals surface area contributed by atoms with Crippen LogP contribution in [-0.4, -0.2) is 42.0 Å². The van der Waals surface area contributed by atoms with Gasteiger partial charge in [0.05, 0.1) is 18.8 Å². The smallest absolute Gasteiger partial charge is 0.317 e. The molecule has 1 N–H and O–H groups in total. The van der Waals surface area contributed by atoms with E-state index in [-0.39, 0.29) is 12.1 Å². The lowest BCUT2D eigenvalue weighted by atomic mass is 9.96. The Balaban J connectivity index is 1.42. The number of urea groups is 1. The molecular formula is C23H24ClN3O2. The van der Waals surface area contributed by atoms with Crippen LogP contribution in [0.2, 0.25) is 5.02 Å². The SMILES string of the molecule is O=C(NCc1ccco1)N1CCN([C@@H](c2ccccc2)c2ccc(Cl)cc2)CC1. The Hall–Kier alpha value is -2.76. The maximum absolute atomic E-state index is 12.5. The van der Waals surface area contributed by atoms with E-state index in [1.807, 2.05) is 35.2 Å². The quantitative estimate of drug-likeness (QED) is 0.672. The van der Waals surface area contributed by atoms with Crippen LogP contribution in [0.3, 0.4) is 0 Å². The first-order valence-electron chi connectivity index (χ1n) is 9.80. The average molecular weight is 410 g/mol. The third-order valence-electron chi connectivity index (χ3n) is 5.26. The number of rotatable bonds is 5. The number of halogens is 1. The highest BCUT2D eigenvalue weighted by atomic mass is 35.5. The van der Waals surface area contributed by atoms with Crippen molar-refractivity contribution in [1.82, 2.24) is 15.1 Å². The van der Waals surface area contributed by atoms with Gasteiger partial charge in [-0.25, -0.2) is 4.79 Å². The number of nitrogens with zero attached hydrogens (tertiary/aromatic N) is 2. The number of furan rings is 1. The number of hydrogen-bond acceptors (Lipinski definition) is 3. The van der Waals surface area contributed by atoms with E-state index in [1.165, 1.54) is 11.1 Å². The van der Waals surface area contributed by atoms with E-state index in [1.54, 1.807) is 6.26 Å². The molecule has 0 bridgehead atoms. The van der Waals surface area contributed by atoms with Crippen LogP contribution in [0.4, 0.5) is 4.79 Å². The highest BCUT2D eigenvalue weighted by Crippen LogP contribution is 2.30. The van der Waals surface area contributed by atoms with Crippen LogP contribution in [0.5, 0.6) is 0 Å². The summed E-state index contributed by atoms with van der Waals surface area (Å²) in [6.07, 6.45) is 1.61. The van der Waals surface area contributed by atoms with E-state index in [0.717, 1.165) is 23.9 Å². The predicted molar refractivity (Wildman–Crippen MR) is 114 cm³/mol. The first kappa shape index (κ1) is 19.6. The zero-order valence-electron chi connectivity index (χ0n) is 16.1. The Labute approximate surface area is 175 Å². The minimum Gasteiger partial charge on any atom is -0.467 e. The molecule has 1 aromatic heterocycles. The fourth-order valence-corrected chi connectivity index (χ4v) is 3.89. The molecule has 1 aliphatic heterocycles. The van der Waals surface area contributed by atoms with Gasteiger partial charge in [-0.1, -0.05) is 54.1 Å². The maximum Gasteiger partial charge on any atom is 0.317 e. The fourth-order valence-electron chi connectivity index (χ4n) is 3.77. The molecule has 1 atom stereocenters. The molecule has 1 fully saturated rings. The predicted octanol–water partition coefficient (Wildman–Crippen LogP) is 4.55. The van der Waals surface area contributed by atoms with Crippen molar-refractivity contribution in [3.05, 3.63) is 94.9 Å². The molecule has 0 unspecified atom stereocenters. The molecule has 0 aliphatic carbocycles. The first-order chi connectivity index (χ1) is 14.2. The Morgan fingerprint density at radius 3 is 2.28 bits per heavy atom. The van der Waals surface area contributed by atoms with E-state index in [2.05, 4.69) is 46.6 Å². The highest BCUT2D eigenvalue weighted by molar-refractivity contribution is 6.30. The number of amides is 2. The minimum absolute atomic E-state index is 0.0520. The Bertz CT molecular complexity index is 905. The van der Waals surface area contributed by atoms with Crippen molar-refractivity contribution in [3.63, 3.8) is 0 Å². The van der Waals surface area contributed by atoms with Crippen LogP contribution in [-0.2, 0) is 6.54 Å².